The highest BCUT2D eigenvalue weighted by Crippen LogP contribution is 2.26. The number of anilines is 1. The summed E-state index contributed by atoms with van der Waals surface area (Å²) in [5.41, 5.74) is 2.28. The summed E-state index contributed by atoms with van der Waals surface area (Å²) in [7, 11) is 2.03. The fourth-order valence-corrected chi connectivity index (χ4v) is 4.26. The van der Waals surface area contributed by atoms with Gasteiger partial charge in [-0.3, -0.25) is 9.36 Å². The van der Waals surface area contributed by atoms with E-state index in [0.29, 0.717) is 18.9 Å². The average Bonchev–Trinajstić information content (AvgIpc) is 3.54. The predicted octanol–water partition coefficient (Wildman–Crippen LogP) is 2.83. The van der Waals surface area contributed by atoms with Crippen LogP contribution in [0.15, 0.2) is 61.4 Å². The van der Waals surface area contributed by atoms with Crippen LogP contribution in [-0.2, 0) is 18.4 Å². The second-order valence-electron chi connectivity index (χ2n) is 7.97. The van der Waals surface area contributed by atoms with Crippen LogP contribution in [0.1, 0.15) is 24.8 Å². The van der Waals surface area contributed by atoms with E-state index in [1.165, 1.54) is 10.9 Å². The molecule has 0 radical (unpaired) electrons. The first-order chi connectivity index (χ1) is 15.2. The lowest BCUT2D eigenvalue weighted by atomic mass is 10.1. The van der Waals surface area contributed by atoms with Gasteiger partial charge in [-0.15, -0.1) is 0 Å². The van der Waals surface area contributed by atoms with Crippen LogP contribution in [0.5, 0.6) is 0 Å². The summed E-state index contributed by atoms with van der Waals surface area (Å²) < 4.78 is 3.88. The van der Waals surface area contributed by atoms with Gasteiger partial charge in [-0.05, 0) is 42.0 Å². The molecule has 1 unspecified atom stereocenters. The van der Waals surface area contributed by atoms with Gasteiger partial charge in [0.25, 0.3) is 0 Å². The molecule has 0 saturated carbocycles. The average molecular weight is 416 g/mol. The van der Waals surface area contributed by atoms with E-state index in [1.54, 1.807) is 23.3 Å². The molecule has 31 heavy (non-hydrogen) atoms. The van der Waals surface area contributed by atoms with E-state index in [-0.39, 0.29) is 11.9 Å². The van der Waals surface area contributed by atoms with Crippen LogP contribution in [-0.4, -0.2) is 42.6 Å². The van der Waals surface area contributed by atoms with Crippen LogP contribution in [0.4, 0.5) is 5.82 Å². The molecule has 0 spiro atoms. The highest BCUT2D eigenvalue weighted by Gasteiger charge is 2.28. The second kappa shape index (κ2) is 8.22. The largest absolute Gasteiger partial charge is 0.353 e. The maximum Gasteiger partial charge on any atom is 0.236 e. The lowest BCUT2D eigenvalue weighted by Gasteiger charge is -2.25. The van der Waals surface area contributed by atoms with Gasteiger partial charge in [0, 0.05) is 62.9 Å². The van der Waals surface area contributed by atoms with Crippen LogP contribution in [0.3, 0.4) is 0 Å². The molecule has 1 N–H and O–H groups in total. The maximum atomic E-state index is 12.7. The first-order valence-electron chi connectivity index (χ1n) is 10.6. The Labute approximate surface area is 180 Å². The number of hydrogen-bond donors (Lipinski definition) is 1. The minimum atomic E-state index is 0.0627. The van der Waals surface area contributed by atoms with E-state index < -0.39 is 0 Å². The van der Waals surface area contributed by atoms with Crippen molar-refractivity contribution in [2.24, 2.45) is 7.05 Å². The number of nitrogens with zero attached hydrogens (tertiary/aromatic N) is 6. The Balaban J connectivity index is 1.23. The third kappa shape index (κ3) is 4.01. The molecule has 8 nitrogen and oxygen atoms in total. The topological polar surface area (TPSA) is 80.9 Å². The predicted molar refractivity (Wildman–Crippen MR) is 119 cm³/mol. The van der Waals surface area contributed by atoms with Crippen LogP contribution < -0.4 is 10.2 Å². The molecule has 4 aromatic rings. The van der Waals surface area contributed by atoms with Crippen LogP contribution >= 0.6 is 0 Å². The molecule has 3 aromatic heterocycles. The van der Waals surface area contributed by atoms with Crippen molar-refractivity contribution in [3.63, 3.8) is 0 Å². The van der Waals surface area contributed by atoms with Gasteiger partial charge >= 0.3 is 0 Å². The monoisotopic (exact) mass is 415 g/mol. The van der Waals surface area contributed by atoms with Crippen molar-refractivity contribution in [2.45, 2.75) is 31.8 Å². The van der Waals surface area contributed by atoms with Gasteiger partial charge in [-0.1, -0.05) is 12.1 Å². The third-order valence-electron chi connectivity index (χ3n) is 5.90. The standard InChI is InChI=1S/C23H25N7O/c1-28-11-7-18-5-4-17(13-20(18)28)15-26-22(31)14-19-3-2-10-30(19)21-6-8-25-23(27-21)29-12-9-24-16-29/h4-9,11-13,16,19H,2-3,10,14-15H2,1H3,(H,26,31). The number of imidazole rings is 1. The third-order valence-corrected chi connectivity index (χ3v) is 5.90. The number of aryl methyl sites for hydroxylation is 1. The zero-order valence-electron chi connectivity index (χ0n) is 17.5. The molecule has 4 heterocycles. The molecule has 0 bridgehead atoms. The van der Waals surface area contributed by atoms with Gasteiger partial charge in [-0.25, -0.2) is 9.97 Å². The van der Waals surface area contributed by atoms with Crippen LogP contribution in [0.2, 0.25) is 0 Å². The molecule has 8 heteroatoms. The molecular formula is C23H25N7O. The summed E-state index contributed by atoms with van der Waals surface area (Å²) in [6.45, 7) is 1.42. The number of benzene rings is 1. The van der Waals surface area contributed by atoms with Gasteiger partial charge in [0.1, 0.15) is 12.1 Å². The van der Waals surface area contributed by atoms with Crippen molar-refractivity contribution >= 4 is 22.6 Å². The SMILES string of the molecule is Cn1ccc2ccc(CNC(=O)CC3CCCN3c3ccnc(-n4ccnc4)n3)cc21. The van der Waals surface area contributed by atoms with Gasteiger partial charge in [-0.2, -0.15) is 4.98 Å². The first-order valence-corrected chi connectivity index (χ1v) is 10.6. The molecule has 1 aliphatic rings. The number of carbonyl (C=O) groups is 1. The van der Waals surface area contributed by atoms with Crippen LogP contribution in [0.25, 0.3) is 16.9 Å². The van der Waals surface area contributed by atoms with E-state index in [1.807, 2.05) is 25.5 Å². The van der Waals surface area contributed by atoms with Crippen molar-refractivity contribution in [1.29, 1.82) is 0 Å². The number of rotatable bonds is 6. The van der Waals surface area contributed by atoms with Crippen molar-refractivity contribution in [1.82, 2.24) is 29.4 Å². The van der Waals surface area contributed by atoms with E-state index in [4.69, 9.17) is 0 Å². The van der Waals surface area contributed by atoms with E-state index in [9.17, 15) is 4.79 Å². The zero-order chi connectivity index (χ0) is 21.2. The summed E-state index contributed by atoms with van der Waals surface area (Å²) in [6, 6.07) is 10.5. The van der Waals surface area contributed by atoms with E-state index in [0.717, 1.165) is 30.8 Å². The Morgan fingerprint density at radius 2 is 2.13 bits per heavy atom. The van der Waals surface area contributed by atoms with Crippen molar-refractivity contribution < 1.29 is 4.79 Å². The molecule has 158 valence electrons. The number of amides is 1. The lowest BCUT2D eigenvalue weighted by molar-refractivity contribution is -0.121. The summed E-state index contributed by atoms with van der Waals surface area (Å²) in [5, 5.41) is 4.30. The Kier molecular flexibility index (Phi) is 5.11. The Hall–Kier alpha value is -3.68. The van der Waals surface area contributed by atoms with Gasteiger partial charge in [0.05, 0.1) is 0 Å². The molecular weight excluding hydrogens is 390 g/mol. The molecule has 1 saturated heterocycles. The Morgan fingerprint density at radius 1 is 1.19 bits per heavy atom. The van der Waals surface area contributed by atoms with Gasteiger partial charge in [0.15, 0.2) is 0 Å². The Morgan fingerprint density at radius 3 is 3.00 bits per heavy atom. The summed E-state index contributed by atoms with van der Waals surface area (Å²) in [5.74, 6) is 1.50. The number of fused-ring (bicyclic) bond motifs is 1. The van der Waals surface area contributed by atoms with Gasteiger partial charge < -0.3 is 14.8 Å². The fraction of sp³-hybridized carbons (Fsp3) is 0.304. The summed E-state index contributed by atoms with van der Waals surface area (Å²) in [6.07, 6.45) is 11.5. The number of hydrogen-bond acceptors (Lipinski definition) is 5. The van der Waals surface area contributed by atoms with E-state index >= 15 is 0 Å². The second-order valence-corrected chi connectivity index (χ2v) is 7.97. The quantitative estimate of drug-likeness (QED) is 0.524. The molecule has 1 aliphatic heterocycles. The zero-order valence-corrected chi connectivity index (χ0v) is 17.5. The summed E-state index contributed by atoms with van der Waals surface area (Å²) >= 11 is 0. The normalized spacial score (nSPS) is 16.2. The first kappa shape index (κ1) is 19.3. The molecule has 1 fully saturated rings. The molecule has 1 amide bonds. The minimum absolute atomic E-state index is 0.0627. The molecule has 1 atom stereocenters. The van der Waals surface area contributed by atoms with Crippen molar-refractivity contribution in [3.8, 4) is 5.95 Å². The minimum Gasteiger partial charge on any atom is -0.353 e. The maximum absolute atomic E-state index is 12.7. The van der Waals surface area contributed by atoms with Crippen molar-refractivity contribution in [2.75, 3.05) is 11.4 Å². The highest BCUT2D eigenvalue weighted by atomic mass is 16.1. The smallest absolute Gasteiger partial charge is 0.236 e. The lowest BCUT2D eigenvalue weighted by Crippen LogP contribution is -2.35. The van der Waals surface area contributed by atoms with Crippen molar-refractivity contribution in [3.05, 3.63) is 67.0 Å². The Bertz CT molecular complexity index is 1200. The number of aromatic nitrogens is 5. The van der Waals surface area contributed by atoms with Crippen LogP contribution in [0, 0.1) is 0 Å². The number of carbonyl (C=O) groups excluding carboxylic acids is 1. The fourth-order valence-electron chi connectivity index (χ4n) is 4.26. The molecule has 5 rings (SSSR count). The molecule has 0 aliphatic carbocycles. The summed E-state index contributed by atoms with van der Waals surface area (Å²) in [4.78, 5) is 28.0. The molecule has 1 aromatic carbocycles. The van der Waals surface area contributed by atoms with E-state index in [2.05, 4.69) is 54.0 Å². The number of nitrogens with one attached hydrogen (secondary N) is 1. The highest BCUT2D eigenvalue weighted by molar-refractivity contribution is 5.81. The van der Waals surface area contributed by atoms with Gasteiger partial charge in [0.2, 0.25) is 11.9 Å².